The SMILES string of the molecule is O=C1CNCC(=O)N1Cc1ccc(F)c(F)c1. The second-order valence-corrected chi connectivity index (χ2v) is 3.73. The first-order valence-electron chi connectivity index (χ1n) is 5.06. The Kier molecular flexibility index (Phi) is 3.14. The summed E-state index contributed by atoms with van der Waals surface area (Å²) < 4.78 is 25.7. The molecule has 0 radical (unpaired) electrons. The molecule has 0 aliphatic carbocycles. The smallest absolute Gasteiger partial charge is 0.243 e. The molecule has 2 rings (SSSR count). The summed E-state index contributed by atoms with van der Waals surface area (Å²) in [5.74, 6) is -2.68. The van der Waals surface area contributed by atoms with Crippen molar-refractivity contribution in [2.75, 3.05) is 13.1 Å². The van der Waals surface area contributed by atoms with Gasteiger partial charge in [-0.05, 0) is 17.7 Å². The molecule has 1 heterocycles. The maximum atomic E-state index is 13.0. The van der Waals surface area contributed by atoms with Crippen molar-refractivity contribution in [3.8, 4) is 0 Å². The molecule has 1 fully saturated rings. The van der Waals surface area contributed by atoms with Crippen molar-refractivity contribution in [2.45, 2.75) is 6.54 Å². The van der Waals surface area contributed by atoms with E-state index in [9.17, 15) is 18.4 Å². The molecular formula is C11H10F2N2O2. The van der Waals surface area contributed by atoms with Crippen LogP contribution in [0.4, 0.5) is 8.78 Å². The van der Waals surface area contributed by atoms with Gasteiger partial charge in [0.15, 0.2) is 11.6 Å². The number of hydrogen-bond donors (Lipinski definition) is 1. The van der Waals surface area contributed by atoms with Crippen LogP contribution in [0.1, 0.15) is 5.56 Å². The number of carbonyl (C=O) groups is 2. The molecule has 1 aromatic carbocycles. The molecule has 1 aliphatic rings. The van der Waals surface area contributed by atoms with Crippen LogP contribution in [-0.2, 0) is 16.1 Å². The minimum atomic E-state index is -0.988. The molecule has 0 bridgehead atoms. The number of benzene rings is 1. The molecule has 4 nitrogen and oxygen atoms in total. The van der Waals surface area contributed by atoms with E-state index in [1.165, 1.54) is 6.07 Å². The lowest BCUT2D eigenvalue weighted by molar-refractivity contribution is -0.147. The van der Waals surface area contributed by atoms with Crippen molar-refractivity contribution >= 4 is 11.8 Å². The number of nitrogens with one attached hydrogen (secondary N) is 1. The third-order valence-electron chi connectivity index (χ3n) is 2.48. The van der Waals surface area contributed by atoms with E-state index in [0.717, 1.165) is 17.0 Å². The number of carbonyl (C=O) groups excluding carboxylic acids is 2. The summed E-state index contributed by atoms with van der Waals surface area (Å²) in [6.07, 6.45) is 0. The Balaban J connectivity index is 2.16. The van der Waals surface area contributed by atoms with Crippen LogP contribution in [0, 0.1) is 11.6 Å². The topological polar surface area (TPSA) is 49.4 Å². The fourth-order valence-electron chi connectivity index (χ4n) is 1.60. The van der Waals surface area contributed by atoms with E-state index in [4.69, 9.17) is 0 Å². The molecule has 0 spiro atoms. The van der Waals surface area contributed by atoms with E-state index >= 15 is 0 Å². The first-order valence-corrected chi connectivity index (χ1v) is 5.06. The summed E-state index contributed by atoms with van der Waals surface area (Å²) in [6.45, 7) is 0.126. The highest BCUT2D eigenvalue weighted by molar-refractivity contribution is 5.99. The number of piperazine rings is 1. The first kappa shape index (κ1) is 11.7. The quantitative estimate of drug-likeness (QED) is 0.762. The monoisotopic (exact) mass is 240 g/mol. The summed E-state index contributed by atoms with van der Waals surface area (Å²) in [7, 11) is 0. The average Bonchev–Trinajstić information content (AvgIpc) is 2.28. The van der Waals surface area contributed by atoms with Gasteiger partial charge in [0.2, 0.25) is 11.8 Å². The second-order valence-electron chi connectivity index (χ2n) is 3.73. The number of halogens is 2. The van der Waals surface area contributed by atoms with Crippen LogP contribution in [0.5, 0.6) is 0 Å². The highest BCUT2D eigenvalue weighted by Gasteiger charge is 2.25. The summed E-state index contributed by atoms with van der Waals surface area (Å²) in [6, 6.07) is 3.31. The van der Waals surface area contributed by atoms with Crippen LogP contribution < -0.4 is 5.32 Å². The van der Waals surface area contributed by atoms with Crippen LogP contribution >= 0.6 is 0 Å². The zero-order chi connectivity index (χ0) is 12.4. The first-order chi connectivity index (χ1) is 8.08. The fraction of sp³-hybridized carbons (Fsp3) is 0.273. The molecule has 2 amide bonds. The lowest BCUT2D eigenvalue weighted by atomic mass is 10.2. The number of rotatable bonds is 2. The van der Waals surface area contributed by atoms with E-state index < -0.39 is 11.6 Å². The Bertz CT molecular complexity index is 461. The minimum Gasteiger partial charge on any atom is -0.300 e. The predicted octanol–water partition coefficient (Wildman–Crippen LogP) is 0.423. The molecular weight excluding hydrogens is 230 g/mol. The maximum absolute atomic E-state index is 13.0. The van der Waals surface area contributed by atoms with Gasteiger partial charge < -0.3 is 0 Å². The van der Waals surface area contributed by atoms with Crippen LogP contribution in [-0.4, -0.2) is 29.8 Å². The standard InChI is InChI=1S/C11H10F2N2O2/c12-8-2-1-7(3-9(8)13)6-15-10(16)4-14-5-11(15)17/h1-3,14H,4-6H2. The van der Waals surface area contributed by atoms with Crippen molar-refractivity contribution in [3.05, 3.63) is 35.4 Å². The summed E-state index contributed by atoms with van der Waals surface area (Å²) >= 11 is 0. The molecule has 1 aliphatic heterocycles. The molecule has 90 valence electrons. The molecule has 0 unspecified atom stereocenters. The van der Waals surface area contributed by atoms with E-state index in [2.05, 4.69) is 5.32 Å². The van der Waals surface area contributed by atoms with Gasteiger partial charge in [0, 0.05) is 0 Å². The Morgan fingerprint density at radius 1 is 1.12 bits per heavy atom. The number of nitrogens with zero attached hydrogens (tertiary/aromatic N) is 1. The van der Waals surface area contributed by atoms with Crippen LogP contribution in [0.3, 0.4) is 0 Å². The number of imide groups is 1. The Morgan fingerprint density at radius 2 is 1.76 bits per heavy atom. The van der Waals surface area contributed by atoms with Gasteiger partial charge in [-0.2, -0.15) is 0 Å². The van der Waals surface area contributed by atoms with Gasteiger partial charge in [0.05, 0.1) is 19.6 Å². The van der Waals surface area contributed by atoms with Gasteiger partial charge in [0.1, 0.15) is 0 Å². The molecule has 0 saturated carbocycles. The van der Waals surface area contributed by atoms with Crippen molar-refractivity contribution in [1.82, 2.24) is 10.2 Å². The molecule has 1 aromatic rings. The van der Waals surface area contributed by atoms with Crippen molar-refractivity contribution in [2.24, 2.45) is 0 Å². The van der Waals surface area contributed by atoms with E-state index in [-0.39, 0.29) is 31.4 Å². The van der Waals surface area contributed by atoms with Crippen molar-refractivity contribution in [3.63, 3.8) is 0 Å². The lowest BCUT2D eigenvalue weighted by Crippen LogP contribution is -2.51. The van der Waals surface area contributed by atoms with Gasteiger partial charge in [0.25, 0.3) is 0 Å². The Hall–Kier alpha value is -1.82. The Labute approximate surface area is 96.2 Å². The fourth-order valence-corrected chi connectivity index (χ4v) is 1.60. The van der Waals surface area contributed by atoms with Crippen LogP contribution in [0.15, 0.2) is 18.2 Å². The van der Waals surface area contributed by atoms with Crippen molar-refractivity contribution < 1.29 is 18.4 Å². The lowest BCUT2D eigenvalue weighted by Gasteiger charge is -2.25. The van der Waals surface area contributed by atoms with Gasteiger partial charge in [-0.25, -0.2) is 8.78 Å². The van der Waals surface area contributed by atoms with Gasteiger partial charge >= 0.3 is 0 Å². The predicted molar refractivity (Wildman–Crippen MR) is 54.8 cm³/mol. The van der Waals surface area contributed by atoms with Crippen molar-refractivity contribution in [1.29, 1.82) is 0 Å². The normalized spacial score (nSPS) is 16.5. The second kappa shape index (κ2) is 4.58. The molecule has 0 aromatic heterocycles. The van der Waals surface area contributed by atoms with Gasteiger partial charge in [-0.1, -0.05) is 6.07 Å². The van der Waals surface area contributed by atoms with E-state index in [0.29, 0.717) is 5.56 Å². The molecule has 17 heavy (non-hydrogen) atoms. The highest BCUT2D eigenvalue weighted by Crippen LogP contribution is 2.12. The third-order valence-corrected chi connectivity index (χ3v) is 2.48. The van der Waals surface area contributed by atoms with Gasteiger partial charge in [-0.15, -0.1) is 0 Å². The number of hydrogen-bond acceptors (Lipinski definition) is 3. The van der Waals surface area contributed by atoms with Crippen LogP contribution in [0.25, 0.3) is 0 Å². The highest BCUT2D eigenvalue weighted by atomic mass is 19.2. The zero-order valence-corrected chi connectivity index (χ0v) is 8.87. The zero-order valence-electron chi connectivity index (χ0n) is 8.87. The largest absolute Gasteiger partial charge is 0.300 e. The minimum absolute atomic E-state index is 0.0312. The molecule has 0 atom stereocenters. The summed E-state index contributed by atoms with van der Waals surface area (Å²) in [5, 5.41) is 2.65. The Morgan fingerprint density at radius 3 is 2.35 bits per heavy atom. The van der Waals surface area contributed by atoms with E-state index in [1.807, 2.05) is 0 Å². The van der Waals surface area contributed by atoms with Gasteiger partial charge in [-0.3, -0.25) is 19.8 Å². The average molecular weight is 240 g/mol. The molecule has 1 N–H and O–H groups in total. The maximum Gasteiger partial charge on any atom is 0.243 e. The number of amides is 2. The van der Waals surface area contributed by atoms with E-state index in [1.54, 1.807) is 0 Å². The summed E-state index contributed by atoms with van der Waals surface area (Å²) in [5.41, 5.74) is 0.382. The molecule has 6 heteroatoms. The van der Waals surface area contributed by atoms with Crippen LogP contribution in [0.2, 0.25) is 0 Å². The third kappa shape index (κ3) is 2.47. The molecule has 1 saturated heterocycles. The summed E-state index contributed by atoms with van der Waals surface area (Å²) in [4.78, 5) is 23.9.